The number of hydrogen-bond acceptors (Lipinski definition) is 4. The minimum Gasteiger partial charge on any atom is -0.497 e. The molecule has 1 fully saturated rings. The van der Waals surface area contributed by atoms with Gasteiger partial charge in [-0.1, -0.05) is 19.4 Å². The molecule has 138 valence electrons. The Balaban J connectivity index is 1.76. The lowest BCUT2D eigenvalue weighted by Crippen LogP contribution is -2.33. The lowest BCUT2D eigenvalue weighted by atomic mass is 10.1. The van der Waals surface area contributed by atoms with Gasteiger partial charge in [0.2, 0.25) is 11.8 Å². The zero-order chi connectivity index (χ0) is 18.1. The van der Waals surface area contributed by atoms with Gasteiger partial charge in [-0.15, -0.1) is 0 Å². The van der Waals surface area contributed by atoms with E-state index >= 15 is 0 Å². The van der Waals surface area contributed by atoms with Crippen molar-refractivity contribution in [2.45, 2.75) is 32.6 Å². The molecule has 0 bridgehead atoms. The number of anilines is 1. The van der Waals surface area contributed by atoms with E-state index in [-0.39, 0.29) is 24.2 Å². The summed E-state index contributed by atoms with van der Waals surface area (Å²) in [5.41, 5.74) is 0.768. The summed E-state index contributed by atoms with van der Waals surface area (Å²) in [6.07, 6.45) is 3.22. The molecule has 1 aliphatic rings. The molecule has 0 saturated carbocycles. The van der Waals surface area contributed by atoms with Crippen molar-refractivity contribution in [3.8, 4) is 5.75 Å². The lowest BCUT2D eigenvalue weighted by Gasteiger charge is -2.17. The van der Waals surface area contributed by atoms with Gasteiger partial charge in [0.1, 0.15) is 5.75 Å². The van der Waals surface area contributed by atoms with E-state index in [1.54, 1.807) is 12.0 Å². The van der Waals surface area contributed by atoms with Crippen LogP contribution in [-0.2, 0) is 14.3 Å². The third-order valence-corrected chi connectivity index (χ3v) is 4.27. The van der Waals surface area contributed by atoms with Gasteiger partial charge in [-0.3, -0.25) is 9.59 Å². The Morgan fingerprint density at radius 2 is 2.12 bits per heavy atom. The molecule has 1 atom stereocenters. The Labute approximate surface area is 149 Å². The van der Waals surface area contributed by atoms with Gasteiger partial charge >= 0.3 is 0 Å². The van der Waals surface area contributed by atoms with E-state index < -0.39 is 0 Å². The molecule has 1 aromatic rings. The van der Waals surface area contributed by atoms with E-state index in [4.69, 9.17) is 9.47 Å². The van der Waals surface area contributed by atoms with E-state index in [0.29, 0.717) is 25.4 Å². The Bertz CT molecular complexity index is 576. The van der Waals surface area contributed by atoms with Crippen LogP contribution in [0.1, 0.15) is 32.6 Å². The molecule has 6 heteroatoms. The van der Waals surface area contributed by atoms with E-state index in [9.17, 15) is 9.59 Å². The Morgan fingerprint density at radius 3 is 2.88 bits per heavy atom. The third-order valence-electron chi connectivity index (χ3n) is 4.27. The molecule has 0 spiro atoms. The van der Waals surface area contributed by atoms with Gasteiger partial charge in [0.15, 0.2) is 0 Å². The summed E-state index contributed by atoms with van der Waals surface area (Å²) < 4.78 is 10.7. The molecule has 1 saturated heterocycles. The molecule has 1 aromatic carbocycles. The fourth-order valence-corrected chi connectivity index (χ4v) is 2.79. The Kier molecular flexibility index (Phi) is 7.73. The van der Waals surface area contributed by atoms with Crippen LogP contribution in [0, 0.1) is 5.92 Å². The zero-order valence-corrected chi connectivity index (χ0v) is 15.1. The molecule has 0 aromatic heterocycles. The number of methoxy groups -OCH3 is 1. The molecular weight excluding hydrogens is 320 g/mol. The van der Waals surface area contributed by atoms with Crippen LogP contribution in [-0.4, -0.2) is 45.2 Å². The van der Waals surface area contributed by atoms with Gasteiger partial charge in [0.25, 0.3) is 0 Å². The van der Waals surface area contributed by atoms with Gasteiger partial charge in [0.05, 0.1) is 13.0 Å². The van der Waals surface area contributed by atoms with Gasteiger partial charge in [-0.05, 0) is 25.0 Å². The molecule has 1 heterocycles. The molecule has 1 aliphatic heterocycles. The van der Waals surface area contributed by atoms with Crippen LogP contribution in [0.5, 0.6) is 5.75 Å². The maximum atomic E-state index is 12.3. The topological polar surface area (TPSA) is 67.9 Å². The highest BCUT2D eigenvalue weighted by Gasteiger charge is 2.35. The van der Waals surface area contributed by atoms with E-state index in [1.165, 1.54) is 0 Å². The number of rotatable bonds is 10. The third kappa shape index (κ3) is 5.74. The van der Waals surface area contributed by atoms with Crippen molar-refractivity contribution in [2.75, 3.05) is 38.3 Å². The number of nitrogens with one attached hydrogen (secondary N) is 1. The van der Waals surface area contributed by atoms with Crippen molar-refractivity contribution in [3.05, 3.63) is 24.3 Å². The number of carbonyl (C=O) groups is 2. The molecule has 25 heavy (non-hydrogen) atoms. The number of benzene rings is 1. The predicted octanol–water partition coefficient (Wildman–Crippen LogP) is 2.37. The number of hydrogen-bond donors (Lipinski definition) is 1. The normalized spacial score (nSPS) is 17.0. The second-order valence-corrected chi connectivity index (χ2v) is 6.22. The fourth-order valence-electron chi connectivity index (χ4n) is 2.79. The summed E-state index contributed by atoms with van der Waals surface area (Å²) in [4.78, 5) is 26.2. The Morgan fingerprint density at radius 1 is 1.32 bits per heavy atom. The molecule has 0 radical (unpaired) electrons. The first-order valence-electron chi connectivity index (χ1n) is 8.95. The first-order valence-corrected chi connectivity index (χ1v) is 8.95. The van der Waals surface area contributed by atoms with Crippen LogP contribution in [0.25, 0.3) is 0 Å². The highest BCUT2D eigenvalue weighted by molar-refractivity contribution is 6.00. The lowest BCUT2D eigenvalue weighted by molar-refractivity contribution is -0.126. The van der Waals surface area contributed by atoms with Crippen molar-refractivity contribution >= 4 is 17.5 Å². The first-order chi connectivity index (χ1) is 12.2. The molecular formula is C19H28N2O4. The maximum Gasteiger partial charge on any atom is 0.227 e. The summed E-state index contributed by atoms with van der Waals surface area (Å²) >= 11 is 0. The van der Waals surface area contributed by atoms with Gasteiger partial charge in [0, 0.05) is 44.5 Å². The molecule has 6 nitrogen and oxygen atoms in total. The average Bonchev–Trinajstić information content (AvgIpc) is 3.02. The molecule has 0 unspecified atom stereocenters. The zero-order valence-electron chi connectivity index (χ0n) is 15.1. The van der Waals surface area contributed by atoms with Crippen molar-refractivity contribution in [2.24, 2.45) is 5.92 Å². The number of nitrogens with zero attached hydrogens (tertiary/aromatic N) is 1. The highest BCUT2D eigenvalue weighted by Crippen LogP contribution is 2.27. The van der Waals surface area contributed by atoms with E-state index in [0.717, 1.165) is 31.6 Å². The smallest absolute Gasteiger partial charge is 0.227 e. The second-order valence-electron chi connectivity index (χ2n) is 6.22. The Hall–Kier alpha value is -2.08. The summed E-state index contributed by atoms with van der Waals surface area (Å²) in [7, 11) is 1.59. The van der Waals surface area contributed by atoms with Gasteiger partial charge in [-0.2, -0.15) is 0 Å². The predicted molar refractivity (Wildman–Crippen MR) is 96.8 cm³/mol. The van der Waals surface area contributed by atoms with Crippen LogP contribution in [0.15, 0.2) is 24.3 Å². The molecule has 1 N–H and O–H groups in total. The number of amides is 2. The maximum absolute atomic E-state index is 12.3. The number of carbonyl (C=O) groups excluding carboxylic acids is 2. The van der Waals surface area contributed by atoms with Crippen molar-refractivity contribution in [1.82, 2.24) is 5.32 Å². The SMILES string of the molecule is CCCCOCCCNC(=O)[C@H]1CC(=O)N(c2cccc(OC)c2)C1. The van der Waals surface area contributed by atoms with Crippen LogP contribution in [0.2, 0.25) is 0 Å². The fraction of sp³-hybridized carbons (Fsp3) is 0.579. The van der Waals surface area contributed by atoms with E-state index in [1.807, 2.05) is 24.3 Å². The molecule has 2 amide bonds. The van der Waals surface area contributed by atoms with Gasteiger partial charge in [-0.25, -0.2) is 0 Å². The second kappa shape index (κ2) is 10.0. The van der Waals surface area contributed by atoms with E-state index in [2.05, 4.69) is 12.2 Å². The molecule has 2 rings (SSSR count). The minimum atomic E-state index is -0.306. The number of ether oxygens (including phenoxy) is 2. The summed E-state index contributed by atoms with van der Waals surface area (Å²) in [6, 6.07) is 7.34. The van der Waals surface area contributed by atoms with Crippen LogP contribution in [0.4, 0.5) is 5.69 Å². The minimum absolute atomic E-state index is 0.0312. The van der Waals surface area contributed by atoms with Gasteiger partial charge < -0.3 is 19.7 Å². The summed E-state index contributed by atoms with van der Waals surface area (Å²) in [5.74, 6) is 0.296. The highest BCUT2D eigenvalue weighted by atomic mass is 16.5. The van der Waals surface area contributed by atoms with Crippen LogP contribution >= 0.6 is 0 Å². The standard InChI is InChI=1S/C19H28N2O4/c1-3-4-10-25-11-6-9-20-19(23)15-12-18(22)21(14-15)16-7-5-8-17(13-16)24-2/h5,7-8,13,15H,3-4,6,9-12,14H2,1-2H3,(H,20,23)/t15-/m0/s1. The number of unbranched alkanes of at least 4 members (excludes halogenated alkanes) is 1. The van der Waals surface area contributed by atoms with Crippen LogP contribution < -0.4 is 15.0 Å². The van der Waals surface area contributed by atoms with Crippen molar-refractivity contribution < 1.29 is 19.1 Å². The summed E-state index contributed by atoms with van der Waals surface area (Å²) in [5, 5.41) is 2.91. The summed E-state index contributed by atoms with van der Waals surface area (Å²) in [6.45, 7) is 4.54. The molecule has 0 aliphatic carbocycles. The average molecular weight is 348 g/mol. The largest absolute Gasteiger partial charge is 0.497 e. The van der Waals surface area contributed by atoms with Crippen molar-refractivity contribution in [1.29, 1.82) is 0 Å². The van der Waals surface area contributed by atoms with Crippen LogP contribution in [0.3, 0.4) is 0 Å². The quantitative estimate of drug-likeness (QED) is 0.659. The van der Waals surface area contributed by atoms with Crippen molar-refractivity contribution in [3.63, 3.8) is 0 Å². The monoisotopic (exact) mass is 348 g/mol. The first kappa shape index (κ1) is 19.2.